The number of phenolic OH excluding ortho intramolecular Hbond substituents is 1. The molecule has 0 aliphatic carbocycles. The third kappa shape index (κ3) is 4.68. The maximum atomic E-state index is 11.7. The molecule has 8 nitrogen and oxygen atoms in total. The van der Waals surface area contributed by atoms with Gasteiger partial charge in [-0.3, -0.25) is 4.79 Å². The maximum absolute atomic E-state index is 11.7. The molecule has 0 spiro atoms. The van der Waals surface area contributed by atoms with E-state index in [2.05, 4.69) is 10.5 Å². The van der Waals surface area contributed by atoms with Crippen molar-refractivity contribution in [1.29, 1.82) is 0 Å². The van der Waals surface area contributed by atoms with Crippen LogP contribution in [-0.2, 0) is 10.1 Å². The van der Waals surface area contributed by atoms with Gasteiger partial charge >= 0.3 is 29.6 Å². The Bertz CT molecular complexity index is 799. The van der Waals surface area contributed by atoms with E-state index >= 15 is 0 Å². The summed E-state index contributed by atoms with van der Waals surface area (Å²) in [4.78, 5) is 11.7. The maximum Gasteiger partial charge on any atom is 1.00 e. The van der Waals surface area contributed by atoms with Crippen molar-refractivity contribution in [2.24, 2.45) is 5.10 Å². The molecule has 2 N–H and O–H groups in total. The van der Waals surface area contributed by atoms with E-state index in [1.54, 1.807) is 12.1 Å². The number of carbonyl (C=O) groups excluding carboxylic acids is 1. The molecule has 0 bridgehead atoms. The van der Waals surface area contributed by atoms with Crippen molar-refractivity contribution in [3.63, 3.8) is 0 Å². The number of carbonyl (C=O) groups is 1. The predicted octanol–water partition coefficient (Wildman–Crippen LogP) is -2.34. The third-order valence-electron chi connectivity index (χ3n) is 2.36. The van der Waals surface area contributed by atoms with Crippen LogP contribution in [-0.4, -0.2) is 30.2 Å². The number of nitrogens with zero attached hydrogens (tertiary/aromatic N) is 1. The van der Waals surface area contributed by atoms with E-state index < -0.39 is 21.1 Å². The third-order valence-corrected chi connectivity index (χ3v) is 3.07. The van der Waals surface area contributed by atoms with Crippen LogP contribution in [0, 0.1) is 0 Å². The standard InChI is InChI=1S/C12H10N2O6S.Na/c15-10-4-2-1-3-9(10)12(16)14-13-7-8-5-6-11(20-8)21(17,18)19;/h1-7,15H,(H,14,16)(H,17,18,19);/q;+1/p-1/b13-7+;. The quantitative estimate of drug-likeness (QED) is 0.279. The number of furan rings is 1. The van der Waals surface area contributed by atoms with Gasteiger partial charge in [0, 0.05) is 0 Å². The zero-order chi connectivity index (χ0) is 15.5. The van der Waals surface area contributed by atoms with Crippen molar-refractivity contribution in [2.75, 3.05) is 0 Å². The number of phenols is 1. The Balaban J connectivity index is 0.00000242. The van der Waals surface area contributed by atoms with Gasteiger partial charge in [0.2, 0.25) is 5.09 Å². The van der Waals surface area contributed by atoms with Crippen molar-refractivity contribution in [3.05, 3.63) is 47.7 Å². The number of para-hydroxylation sites is 1. The van der Waals surface area contributed by atoms with Crippen LogP contribution >= 0.6 is 0 Å². The molecule has 110 valence electrons. The van der Waals surface area contributed by atoms with E-state index in [-0.39, 0.29) is 46.6 Å². The molecule has 0 saturated heterocycles. The van der Waals surface area contributed by atoms with Crippen LogP contribution in [0.25, 0.3) is 0 Å². The molecular formula is C12H9N2NaO6S. The molecule has 10 heteroatoms. The van der Waals surface area contributed by atoms with Gasteiger partial charge in [-0.2, -0.15) is 5.10 Å². The minimum absolute atomic E-state index is 0. The van der Waals surface area contributed by atoms with Gasteiger partial charge in [0.25, 0.3) is 5.91 Å². The fraction of sp³-hybridized carbons (Fsp3) is 0. The predicted molar refractivity (Wildman–Crippen MR) is 69.8 cm³/mol. The Morgan fingerprint density at radius 2 is 1.95 bits per heavy atom. The average Bonchev–Trinajstić information content (AvgIpc) is 2.88. The van der Waals surface area contributed by atoms with Crippen LogP contribution in [0.3, 0.4) is 0 Å². The molecule has 1 aromatic heterocycles. The van der Waals surface area contributed by atoms with Gasteiger partial charge in [0.05, 0.1) is 11.8 Å². The van der Waals surface area contributed by atoms with Gasteiger partial charge < -0.3 is 14.1 Å². The molecule has 0 unspecified atom stereocenters. The van der Waals surface area contributed by atoms with Crippen LogP contribution in [0.2, 0.25) is 0 Å². The second-order valence-corrected chi connectivity index (χ2v) is 5.14. The normalized spacial score (nSPS) is 11.1. The second-order valence-electron chi connectivity index (χ2n) is 3.83. The summed E-state index contributed by atoms with van der Waals surface area (Å²) in [6.07, 6.45) is 1.02. The summed E-state index contributed by atoms with van der Waals surface area (Å²) in [5.41, 5.74) is 2.14. The minimum atomic E-state index is -4.67. The number of hydrazone groups is 1. The molecule has 22 heavy (non-hydrogen) atoms. The van der Waals surface area contributed by atoms with E-state index in [9.17, 15) is 22.9 Å². The van der Waals surface area contributed by atoms with Crippen LogP contribution in [0.5, 0.6) is 5.75 Å². The summed E-state index contributed by atoms with van der Waals surface area (Å²) in [7, 11) is -4.67. The summed E-state index contributed by atoms with van der Waals surface area (Å²) in [6, 6.07) is 8.06. The van der Waals surface area contributed by atoms with Crippen molar-refractivity contribution in [3.8, 4) is 5.75 Å². The van der Waals surface area contributed by atoms with E-state index in [0.717, 1.165) is 12.3 Å². The van der Waals surface area contributed by atoms with Gasteiger partial charge in [-0.1, -0.05) is 12.1 Å². The number of nitrogens with one attached hydrogen (secondary N) is 1. The van der Waals surface area contributed by atoms with E-state index in [1.807, 2.05) is 0 Å². The first-order valence-corrected chi connectivity index (χ1v) is 6.96. The smallest absolute Gasteiger partial charge is 0.742 e. The SMILES string of the molecule is O=C(N/N=C/c1ccc(S(=O)(=O)[O-])o1)c1ccccc1O.[Na+]. The first-order chi connectivity index (χ1) is 9.88. The first-order valence-electron chi connectivity index (χ1n) is 5.55. The number of aromatic hydroxyl groups is 1. The van der Waals surface area contributed by atoms with E-state index in [4.69, 9.17) is 4.42 Å². The number of hydrogen-bond acceptors (Lipinski definition) is 7. The molecule has 0 aliphatic rings. The Hall–Kier alpha value is -1.65. The molecule has 2 rings (SSSR count). The molecule has 0 saturated carbocycles. The molecule has 1 amide bonds. The molecule has 0 atom stereocenters. The largest absolute Gasteiger partial charge is 1.00 e. The summed E-state index contributed by atoms with van der Waals surface area (Å²) in [5, 5.41) is 12.2. The van der Waals surface area contributed by atoms with Gasteiger partial charge in [-0.15, -0.1) is 0 Å². The monoisotopic (exact) mass is 332 g/mol. The van der Waals surface area contributed by atoms with Crippen LogP contribution in [0.1, 0.15) is 16.1 Å². The summed E-state index contributed by atoms with van der Waals surface area (Å²) < 4.78 is 36.7. The van der Waals surface area contributed by atoms with Crippen molar-refractivity contribution >= 4 is 22.2 Å². The second kappa shape index (κ2) is 7.56. The van der Waals surface area contributed by atoms with Crippen LogP contribution in [0.4, 0.5) is 0 Å². The van der Waals surface area contributed by atoms with Gasteiger partial charge in [0.1, 0.15) is 11.5 Å². The Kier molecular flexibility index (Phi) is 6.33. The Morgan fingerprint density at radius 1 is 1.27 bits per heavy atom. The van der Waals surface area contributed by atoms with Gasteiger partial charge in [0.15, 0.2) is 10.1 Å². The molecule has 2 aromatic rings. The average molecular weight is 332 g/mol. The zero-order valence-electron chi connectivity index (χ0n) is 11.4. The molecule has 0 fully saturated rings. The number of rotatable bonds is 4. The summed E-state index contributed by atoms with van der Waals surface area (Å²) in [6.45, 7) is 0. The molecule has 0 aliphatic heterocycles. The van der Waals surface area contributed by atoms with Gasteiger partial charge in [-0.05, 0) is 24.3 Å². The zero-order valence-corrected chi connectivity index (χ0v) is 14.2. The van der Waals surface area contributed by atoms with Gasteiger partial charge in [-0.25, -0.2) is 13.8 Å². The first kappa shape index (κ1) is 18.4. The Morgan fingerprint density at radius 3 is 2.55 bits per heavy atom. The van der Waals surface area contributed by atoms with Crippen LogP contribution in [0.15, 0.2) is 51.0 Å². The number of amides is 1. The van der Waals surface area contributed by atoms with E-state index in [0.29, 0.717) is 0 Å². The summed E-state index contributed by atoms with van der Waals surface area (Å²) >= 11 is 0. The van der Waals surface area contributed by atoms with Crippen molar-refractivity contribution in [1.82, 2.24) is 5.43 Å². The fourth-order valence-electron chi connectivity index (χ4n) is 1.42. The minimum Gasteiger partial charge on any atom is -0.742 e. The van der Waals surface area contributed by atoms with Crippen molar-refractivity contribution in [2.45, 2.75) is 5.09 Å². The summed E-state index contributed by atoms with van der Waals surface area (Å²) in [5.74, 6) is -0.891. The van der Waals surface area contributed by atoms with Crippen molar-refractivity contribution < 1.29 is 56.8 Å². The molecule has 1 heterocycles. The van der Waals surface area contributed by atoms with Crippen LogP contribution < -0.4 is 35.0 Å². The number of benzene rings is 1. The molecule has 0 radical (unpaired) electrons. The molecular weight excluding hydrogens is 323 g/mol. The Labute approximate surface area is 147 Å². The topological polar surface area (TPSA) is 132 Å². The molecule has 1 aromatic carbocycles. The van der Waals surface area contributed by atoms with E-state index in [1.165, 1.54) is 18.2 Å². The number of hydrogen-bond donors (Lipinski definition) is 2. The fourth-order valence-corrected chi connectivity index (χ4v) is 1.85.